The second-order valence-corrected chi connectivity index (χ2v) is 6.98. The fourth-order valence-electron chi connectivity index (χ4n) is 2.98. The van der Waals surface area contributed by atoms with Gasteiger partial charge in [0.2, 0.25) is 0 Å². The van der Waals surface area contributed by atoms with E-state index in [0.717, 1.165) is 25.7 Å². The van der Waals surface area contributed by atoms with Crippen LogP contribution in [-0.4, -0.2) is 43.0 Å². The first kappa shape index (κ1) is 20.9. The van der Waals surface area contributed by atoms with E-state index in [-0.39, 0.29) is 18.1 Å². The minimum absolute atomic E-state index is 0.135. The molecule has 2 rings (SSSR count). The monoisotopic (exact) mass is 375 g/mol. The van der Waals surface area contributed by atoms with Gasteiger partial charge in [0.15, 0.2) is 0 Å². The van der Waals surface area contributed by atoms with Crippen molar-refractivity contribution in [1.29, 1.82) is 0 Å². The molecule has 0 aliphatic heterocycles. The number of carbonyl (C=O) groups is 3. The summed E-state index contributed by atoms with van der Waals surface area (Å²) in [4.78, 5) is 36.6. The zero-order chi connectivity index (χ0) is 19.6. The predicted molar refractivity (Wildman–Crippen MR) is 104 cm³/mol. The zero-order valence-corrected chi connectivity index (χ0v) is 16.0. The van der Waals surface area contributed by atoms with Crippen molar-refractivity contribution in [2.45, 2.75) is 58.1 Å². The lowest BCUT2D eigenvalue weighted by Crippen LogP contribution is -2.37. The fourth-order valence-corrected chi connectivity index (χ4v) is 2.98. The molecular formula is C20H29N3O4. The molecule has 27 heavy (non-hydrogen) atoms. The number of anilines is 1. The molecule has 1 fully saturated rings. The highest BCUT2D eigenvalue weighted by atomic mass is 16.5. The SMILES string of the molecule is CC(C)OCCCNC(=O)C(=O)Nc1ccccc1C(=O)NC1CCCC1. The molecule has 148 valence electrons. The van der Waals surface area contributed by atoms with Gasteiger partial charge in [-0.25, -0.2) is 0 Å². The standard InChI is InChI=1S/C20H29N3O4/c1-14(2)27-13-7-12-21-19(25)20(26)23-17-11-6-5-10-16(17)18(24)22-15-8-3-4-9-15/h5-6,10-11,14-15H,3-4,7-9,12-13H2,1-2H3,(H,21,25)(H,22,24)(H,23,26). The van der Waals surface area contributed by atoms with Gasteiger partial charge in [0.1, 0.15) is 0 Å². The average Bonchev–Trinajstić information content (AvgIpc) is 3.14. The molecular weight excluding hydrogens is 346 g/mol. The van der Waals surface area contributed by atoms with Crippen LogP contribution in [0, 0.1) is 0 Å². The second kappa shape index (κ2) is 10.7. The van der Waals surface area contributed by atoms with E-state index in [1.54, 1.807) is 24.3 Å². The van der Waals surface area contributed by atoms with E-state index in [2.05, 4.69) is 16.0 Å². The van der Waals surface area contributed by atoms with Crippen molar-refractivity contribution in [3.05, 3.63) is 29.8 Å². The summed E-state index contributed by atoms with van der Waals surface area (Å²) in [5.74, 6) is -1.75. The Morgan fingerprint density at radius 2 is 1.81 bits per heavy atom. The number of benzene rings is 1. The summed E-state index contributed by atoms with van der Waals surface area (Å²) in [5.41, 5.74) is 0.687. The highest BCUT2D eigenvalue weighted by Crippen LogP contribution is 2.20. The number of rotatable bonds is 8. The Morgan fingerprint density at radius 1 is 1.11 bits per heavy atom. The van der Waals surface area contributed by atoms with Crippen LogP contribution in [0.25, 0.3) is 0 Å². The van der Waals surface area contributed by atoms with Gasteiger partial charge in [-0.15, -0.1) is 0 Å². The first-order chi connectivity index (χ1) is 13.0. The van der Waals surface area contributed by atoms with Gasteiger partial charge in [-0.3, -0.25) is 14.4 Å². The van der Waals surface area contributed by atoms with Crippen molar-refractivity contribution in [2.75, 3.05) is 18.5 Å². The average molecular weight is 375 g/mol. The maximum absolute atomic E-state index is 12.5. The van der Waals surface area contributed by atoms with Gasteiger partial charge in [-0.05, 0) is 45.2 Å². The first-order valence-corrected chi connectivity index (χ1v) is 9.58. The number of para-hydroxylation sites is 1. The van der Waals surface area contributed by atoms with Crippen molar-refractivity contribution >= 4 is 23.4 Å². The van der Waals surface area contributed by atoms with Crippen molar-refractivity contribution in [1.82, 2.24) is 10.6 Å². The smallest absolute Gasteiger partial charge is 0.313 e. The van der Waals surface area contributed by atoms with Crippen LogP contribution in [-0.2, 0) is 14.3 Å². The quantitative estimate of drug-likeness (QED) is 0.479. The van der Waals surface area contributed by atoms with E-state index in [0.29, 0.717) is 30.8 Å². The highest BCUT2D eigenvalue weighted by molar-refractivity contribution is 6.40. The highest BCUT2D eigenvalue weighted by Gasteiger charge is 2.21. The lowest BCUT2D eigenvalue weighted by Gasteiger charge is -2.15. The van der Waals surface area contributed by atoms with Crippen LogP contribution < -0.4 is 16.0 Å². The zero-order valence-electron chi connectivity index (χ0n) is 16.0. The molecule has 0 spiro atoms. The predicted octanol–water partition coefficient (Wildman–Crippen LogP) is 2.23. The Kier molecular flexibility index (Phi) is 8.26. The topological polar surface area (TPSA) is 96.5 Å². The lowest BCUT2D eigenvalue weighted by atomic mass is 10.1. The van der Waals surface area contributed by atoms with Crippen molar-refractivity contribution in [2.24, 2.45) is 0 Å². The molecule has 0 aromatic heterocycles. The molecule has 0 atom stereocenters. The van der Waals surface area contributed by atoms with Crippen LogP contribution >= 0.6 is 0 Å². The summed E-state index contributed by atoms with van der Waals surface area (Å²) in [6.45, 7) is 4.74. The molecule has 3 N–H and O–H groups in total. The third-order valence-corrected chi connectivity index (χ3v) is 4.37. The number of ether oxygens (including phenoxy) is 1. The summed E-state index contributed by atoms with van der Waals surface area (Å²) in [6.07, 6.45) is 4.94. The van der Waals surface area contributed by atoms with Crippen LogP contribution in [0.3, 0.4) is 0 Å². The number of carbonyl (C=O) groups excluding carboxylic acids is 3. The van der Waals surface area contributed by atoms with Gasteiger partial charge in [0.25, 0.3) is 5.91 Å². The van der Waals surface area contributed by atoms with Crippen molar-refractivity contribution < 1.29 is 19.1 Å². The van der Waals surface area contributed by atoms with Crippen LogP contribution in [0.4, 0.5) is 5.69 Å². The van der Waals surface area contributed by atoms with E-state index >= 15 is 0 Å². The van der Waals surface area contributed by atoms with E-state index in [1.807, 2.05) is 13.8 Å². The molecule has 1 aliphatic carbocycles. The molecule has 0 saturated heterocycles. The fraction of sp³-hybridized carbons (Fsp3) is 0.550. The van der Waals surface area contributed by atoms with Gasteiger partial charge in [-0.2, -0.15) is 0 Å². The summed E-state index contributed by atoms with van der Waals surface area (Å²) in [6, 6.07) is 6.88. The Hall–Kier alpha value is -2.41. The van der Waals surface area contributed by atoms with E-state index in [9.17, 15) is 14.4 Å². The molecule has 0 unspecified atom stereocenters. The molecule has 1 aliphatic rings. The molecule has 7 heteroatoms. The van der Waals surface area contributed by atoms with Crippen LogP contribution in [0.1, 0.15) is 56.3 Å². The van der Waals surface area contributed by atoms with Gasteiger partial charge < -0.3 is 20.7 Å². The molecule has 3 amide bonds. The number of amides is 3. The van der Waals surface area contributed by atoms with Crippen molar-refractivity contribution in [3.63, 3.8) is 0 Å². The number of nitrogens with one attached hydrogen (secondary N) is 3. The van der Waals surface area contributed by atoms with Crippen molar-refractivity contribution in [3.8, 4) is 0 Å². The maximum atomic E-state index is 12.5. The van der Waals surface area contributed by atoms with Crippen LogP contribution in [0.5, 0.6) is 0 Å². The summed E-state index contributed by atoms with van der Waals surface area (Å²) in [7, 11) is 0. The van der Waals surface area contributed by atoms with Gasteiger partial charge in [-0.1, -0.05) is 25.0 Å². The first-order valence-electron chi connectivity index (χ1n) is 9.58. The molecule has 0 heterocycles. The summed E-state index contributed by atoms with van der Waals surface area (Å²) < 4.78 is 5.38. The third kappa shape index (κ3) is 7.02. The maximum Gasteiger partial charge on any atom is 0.313 e. The van der Waals surface area contributed by atoms with Gasteiger partial charge in [0, 0.05) is 19.2 Å². The van der Waals surface area contributed by atoms with Crippen LogP contribution in [0.2, 0.25) is 0 Å². The number of hydrogen-bond donors (Lipinski definition) is 3. The number of hydrogen-bond acceptors (Lipinski definition) is 4. The lowest BCUT2D eigenvalue weighted by molar-refractivity contribution is -0.136. The second-order valence-electron chi connectivity index (χ2n) is 6.98. The molecule has 1 aromatic rings. The Morgan fingerprint density at radius 3 is 2.52 bits per heavy atom. The minimum atomic E-state index is -0.791. The van der Waals surface area contributed by atoms with Crippen LogP contribution in [0.15, 0.2) is 24.3 Å². The van der Waals surface area contributed by atoms with Gasteiger partial charge in [0.05, 0.1) is 17.4 Å². The Bertz CT molecular complexity index is 654. The normalized spacial score (nSPS) is 14.2. The summed E-state index contributed by atoms with van der Waals surface area (Å²) in [5, 5.41) is 8.08. The largest absolute Gasteiger partial charge is 0.379 e. The van der Waals surface area contributed by atoms with E-state index < -0.39 is 11.8 Å². The Labute approximate surface area is 160 Å². The van der Waals surface area contributed by atoms with E-state index in [1.165, 1.54) is 0 Å². The molecule has 1 aromatic carbocycles. The third-order valence-electron chi connectivity index (χ3n) is 4.37. The molecule has 0 radical (unpaired) electrons. The molecule has 0 bridgehead atoms. The Balaban J connectivity index is 1.85. The molecule has 1 saturated carbocycles. The van der Waals surface area contributed by atoms with E-state index in [4.69, 9.17) is 4.74 Å². The minimum Gasteiger partial charge on any atom is -0.379 e. The van der Waals surface area contributed by atoms with Gasteiger partial charge >= 0.3 is 11.8 Å². The molecule has 7 nitrogen and oxygen atoms in total. The summed E-state index contributed by atoms with van der Waals surface area (Å²) >= 11 is 0.